The van der Waals surface area contributed by atoms with Gasteiger partial charge < -0.3 is 15.2 Å². The molecule has 2 N–H and O–H groups in total. The van der Waals surface area contributed by atoms with Crippen molar-refractivity contribution in [2.24, 2.45) is 0 Å². The van der Waals surface area contributed by atoms with Crippen molar-refractivity contribution < 1.29 is 24.2 Å². The van der Waals surface area contributed by atoms with Gasteiger partial charge in [-0.15, -0.1) is 0 Å². The van der Waals surface area contributed by atoms with Gasteiger partial charge in [0.1, 0.15) is 0 Å². The van der Waals surface area contributed by atoms with E-state index in [0.29, 0.717) is 17.7 Å². The smallest absolute Gasteiger partial charge is 0.337 e. The summed E-state index contributed by atoms with van der Waals surface area (Å²) >= 11 is 0. The van der Waals surface area contributed by atoms with Gasteiger partial charge in [0.2, 0.25) is 0 Å². The fourth-order valence-electron chi connectivity index (χ4n) is 2.67. The summed E-state index contributed by atoms with van der Waals surface area (Å²) < 4.78 is 4.65. The maximum Gasteiger partial charge on any atom is 0.337 e. The van der Waals surface area contributed by atoms with Crippen LogP contribution in [-0.2, 0) is 9.53 Å². The van der Waals surface area contributed by atoms with Gasteiger partial charge in [-0.25, -0.2) is 4.79 Å². The van der Waals surface area contributed by atoms with Crippen LogP contribution in [0, 0.1) is 0 Å². The quantitative estimate of drug-likeness (QED) is 0.411. The molecule has 0 saturated carbocycles. The monoisotopic (exact) mass is 363 g/mol. The first-order valence-corrected chi connectivity index (χ1v) is 9.23. The molecule has 0 atom stereocenters. The highest BCUT2D eigenvalue weighted by atomic mass is 16.5. The minimum Gasteiger partial charge on any atom is -0.481 e. The number of unbranched alkanes of at least 4 members (excludes halogenated alkanes) is 7. The third-order valence-electron chi connectivity index (χ3n) is 4.15. The molecule has 0 saturated heterocycles. The van der Waals surface area contributed by atoms with Crippen LogP contribution in [0.2, 0.25) is 0 Å². The lowest BCUT2D eigenvalue weighted by Gasteiger charge is -2.07. The van der Waals surface area contributed by atoms with E-state index in [9.17, 15) is 14.4 Å². The zero-order chi connectivity index (χ0) is 19.2. The second kappa shape index (κ2) is 12.9. The first-order chi connectivity index (χ1) is 12.5. The van der Waals surface area contributed by atoms with Crippen molar-refractivity contribution in [1.29, 1.82) is 0 Å². The summed E-state index contributed by atoms with van der Waals surface area (Å²) in [5.41, 5.74) is 0.817. The predicted molar refractivity (Wildman–Crippen MR) is 99.3 cm³/mol. The number of hydrogen-bond donors (Lipinski definition) is 2. The van der Waals surface area contributed by atoms with Crippen LogP contribution in [0.15, 0.2) is 24.3 Å². The Balaban J connectivity index is 2.08. The number of ether oxygens (including phenoxy) is 1. The van der Waals surface area contributed by atoms with Gasteiger partial charge in [-0.1, -0.05) is 44.6 Å². The number of benzene rings is 1. The average molecular weight is 363 g/mol. The van der Waals surface area contributed by atoms with Gasteiger partial charge in [-0.2, -0.15) is 0 Å². The summed E-state index contributed by atoms with van der Waals surface area (Å²) in [7, 11) is 1.31. The molecule has 1 aromatic carbocycles. The Morgan fingerprint density at radius 2 is 1.50 bits per heavy atom. The Morgan fingerprint density at radius 3 is 2.12 bits per heavy atom. The number of amides is 1. The average Bonchev–Trinajstić information content (AvgIpc) is 2.65. The van der Waals surface area contributed by atoms with E-state index in [2.05, 4.69) is 10.1 Å². The molecule has 1 amide bonds. The largest absolute Gasteiger partial charge is 0.481 e. The highest BCUT2D eigenvalue weighted by molar-refractivity contribution is 5.97. The number of carbonyl (C=O) groups excluding carboxylic acids is 2. The number of rotatable bonds is 13. The first-order valence-electron chi connectivity index (χ1n) is 9.23. The van der Waals surface area contributed by atoms with E-state index in [1.807, 2.05) is 0 Å². The summed E-state index contributed by atoms with van der Waals surface area (Å²) in [6, 6.07) is 6.49. The number of aliphatic carboxylic acids is 1. The van der Waals surface area contributed by atoms with Gasteiger partial charge in [0.25, 0.3) is 5.91 Å². The zero-order valence-corrected chi connectivity index (χ0v) is 15.5. The molecule has 0 unspecified atom stereocenters. The molecule has 6 nitrogen and oxygen atoms in total. The molecule has 0 aliphatic heterocycles. The number of carboxylic acids is 1. The van der Waals surface area contributed by atoms with Crippen molar-refractivity contribution in [2.45, 2.75) is 57.8 Å². The van der Waals surface area contributed by atoms with E-state index in [0.717, 1.165) is 51.4 Å². The minimum atomic E-state index is -0.718. The summed E-state index contributed by atoms with van der Waals surface area (Å²) in [5, 5.41) is 11.4. The van der Waals surface area contributed by atoms with Gasteiger partial charge in [-0.3, -0.25) is 9.59 Å². The molecule has 0 heterocycles. The van der Waals surface area contributed by atoms with E-state index >= 15 is 0 Å². The fraction of sp³-hybridized carbons (Fsp3) is 0.550. The highest BCUT2D eigenvalue weighted by Crippen LogP contribution is 2.10. The molecule has 144 valence electrons. The molecule has 0 aromatic heterocycles. The molecular weight excluding hydrogens is 334 g/mol. The number of hydrogen-bond acceptors (Lipinski definition) is 4. The normalized spacial score (nSPS) is 10.3. The molecule has 1 aromatic rings. The Kier molecular flexibility index (Phi) is 10.8. The Hall–Kier alpha value is -2.37. The van der Waals surface area contributed by atoms with Gasteiger partial charge >= 0.3 is 11.9 Å². The standard InChI is InChI=1S/C20H29NO5/c1-26-20(25)17-12-10-11-16(15-17)19(24)21-14-9-7-5-3-2-4-6-8-13-18(22)23/h10-12,15H,2-9,13-14H2,1H3,(H,21,24)(H,22,23). The molecule has 0 bridgehead atoms. The van der Waals surface area contributed by atoms with Gasteiger partial charge in [0.15, 0.2) is 0 Å². The number of esters is 1. The van der Waals surface area contributed by atoms with Crippen LogP contribution < -0.4 is 5.32 Å². The van der Waals surface area contributed by atoms with Crippen LogP contribution in [0.4, 0.5) is 0 Å². The van der Waals surface area contributed by atoms with E-state index < -0.39 is 11.9 Å². The SMILES string of the molecule is COC(=O)c1cccc(C(=O)NCCCCCCCCCCC(=O)O)c1. The second-order valence-electron chi connectivity index (χ2n) is 6.30. The van der Waals surface area contributed by atoms with E-state index in [1.165, 1.54) is 13.2 Å². The lowest BCUT2D eigenvalue weighted by atomic mass is 10.1. The second-order valence-corrected chi connectivity index (χ2v) is 6.30. The Bertz CT molecular complexity index is 585. The molecular formula is C20H29NO5. The predicted octanol–water partition coefficient (Wildman–Crippen LogP) is 3.80. The topological polar surface area (TPSA) is 92.7 Å². The lowest BCUT2D eigenvalue weighted by Crippen LogP contribution is -2.24. The lowest BCUT2D eigenvalue weighted by molar-refractivity contribution is -0.137. The maximum atomic E-state index is 12.1. The van der Waals surface area contributed by atoms with Gasteiger partial charge in [0.05, 0.1) is 12.7 Å². The van der Waals surface area contributed by atoms with Gasteiger partial charge in [-0.05, 0) is 31.0 Å². The van der Waals surface area contributed by atoms with Crippen molar-refractivity contribution in [1.82, 2.24) is 5.32 Å². The summed E-state index contributed by atoms with van der Waals surface area (Å²) in [4.78, 5) is 34.0. The van der Waals surface area contributed by atoms with E-state index in [-0.39, 0.29) is 12.3 Å². The van der Waals surface area contributed by atoms with E-state index in [1.54, 1.807) is 18.2 Å². The summed E-state index contributed by atoms with van der Waals surface area (Å²) in [6.45, 7) is 0.611. The molecule has 0 aliphatic rings. The third-order valence-corrected chi connectivity index (χ3v) is 4.15. The molecule has 0 aliphatic carbocycles. The van der Waals surface area contributed by atoms with Crippen LogP contribution in [0.25, 0.3) is 0 Å². The van der Waals surface area contributed by atoms with Crippen LogP contribution >= 0.6 is 0 Å². The number of carboxylic acid groups (broad SMARTS) is 1. The van der Waals surface area contributed by atoms with Crippen LogP contribution in [0.1, 0.15) is 78.5 Å². The first kappa shape index (κ1) is 21.7. The third kappa shape index (κ3) is 9.20. The number of methoxy groups -OCH3 is 1. The Morgan fingerprint density at radius 1 is 0.923 bits per heavy atom. The highest BCUT2D eigenvalue weighted by Gasteiger charge is 2.10. The van der Waals surface area contributed by atoms with Crippen LogP contribution in [-0.4, -0.2) is 36.6 Å². The minimum absolute atomic E-state index is 0.186. The zero-order valence-electron chi connectivity index (χ0n) is 15.5. The van der Waals surface area contributed by atoms with Crippen molar-refractivity contribution >= 4 is 17.8 Å². The Labute approximate surface area is 154 Å². The van der Waals surface area contributed by atoms with Crippen molar-refractivity contribution in [2.75, 3.05) is 13.7 Å². The number of nitrogens with one attached hydrogen (secondary N) is 1. The molecule has 1 rings (SSSR count). The van der Waals surface area contributed by atoms with Crippen LogP contribution in [0.5, 0.6) is 0 Å². The van der Waals surface area contributed by atoms with Crippen molar-refractivity contribution in [3.63, 3.8) is 0 Å². The van der Waals surface area contributed by atoms with E-state index in [4.69, 9.17) is 5.11 Å². The molecule has 0 radical (unpaired) electrons. The number of carbonyl (C=O) groups is 3. The molecule has 0 spiro atoms. The molecule has 0 fully saturated rings. The van der Waals surface area contributed by atoms with Crippen molar-refractivity contribution in [3.05, 3.63) is 35.4 Å². The molecule has 6 heteroatoms. The van der Waals surface area contributed by atoms with Crippen molar-refractivity contribution in [3.8, 4) is 0 Å². The van der Waals surface area contributed by atoms with Gasteiger partial charge in [0, 0.05) is 18.5 Å². The molecule has 26 heavy (non-hydrogen) atoms. The van der Waals surface area contributed by atoms with Crippen LogP contribution in [0.3, 0.4) is 0 Å². The summed E-state index contributed by atoms with van der Waals surface area (Å²) in [5.74, 6) is -1.36. The maximum absolute atomic E-state index is 12.1. The fourth-order valence-corrected chi connectivity index (χ4v) is 2.67. The summed E-state index contributed by atoms with van der Waals surface area (Å²) in [6.07, 6.45) is 8.45.